The molecule has 0 aromatic heterocycles. The molecule has 3 heterocycles. The number of likely N-dealkylation sites (tertiary alicyclic amines) is 1. The molecule has 0 aliphatic carbocycles. The molecule has 3 rings (SSSR count). The highest BCUT2D eigenvalue weighted by Gasteiger charge is 2.60. The monoisotopic (exact) mass is 339 g/mol. The second-order valence-electron chi connectivity index (χ2n) is 6.84. The Morgan fingerprint density at radius 1 is 1.48 bits per heavy atom. The van der Waals surface area contributed by atoms with Gasteiger partial charge in [-0.25, -0.2) is 4.79 Å². The van der Waals surface area contributed by atoms with E-state index >= 15 is 0 Å². The molecule has 1 amide bonds. The highest BCUT2D eigenvalue weighted by molar-refractivity contribution is 8.03. The first-order chi connectivity index (χ1) is 10.7. The number of aliphatic hydroxyl groups is 1. The van der Waals surface area contributed by atoms with Crippen LogP contribution in [0.15, 0.2) is 10.6 Å². The molecule has 0 saturated carbocycles. The maximum atomic E-state index is 12.3. The number of thioether (sulfide) groups is 1. The lowest BCUT2D eigenvalue weighted by atomic mass is 9.76. The third kappa shape index (κ3) is 2.63. The molecule has 2 saturated heterocycles. The van der Waals surface area contributed by atoms with Gasteiger partial charge in [0.25, 0.3) is 0 Å². The van der Waals surface area contributed by atoms with Gasteiger partial charge in [-0.15, -0.1) is 11.8 Å². The number of nitrogens with zero attached hydrogens (tertiary/aromatic N) is 2. The first-order valence-corrected chi connectivity index (χ1v) is 8.55. The van der Waals surface area contributed by atoms with Crippen molar-refractivity contribution in [1.82, 2.24) is 9.80 Å². The average molecular weight is 339 g/mol. The van der Waals surface area contributed by atoms with E-state index in [1.165, 1.54) is 23.0 Å². The maximum Gasteiger partial charge on any atom is 0.353 e. The third-order valence-corrected chi connectivity index (χ3v) is 6.11. The number of carbonyl (C=O) groups is 2. The molecule has 0 radical (unpaired) electrons. The van der Waals surface area contributed by atoms with Crippen LogP contribution in [-0.2, 0) is 9.59 Å². The lowest BCUT2D eigenvalue weighted by Gasteiger charge is -2.48. The van der Waals surface area contributed by atoms with Crippen molar-refractivity contribution in [2.24, 2.45) is 5.92 Å². The number of nitrogens with one attached hydrogen (secondary N) is 1. The van der Waals surface area contributed by atoms with Crippen molar-refractivity contribution in [2.45, 2.75) is 43.6 Å². The molecule has 7 nitrogen and oxygen atoms in total. The van der Waals surface area contributed by atoms with Gasteiger partial charge in [0.1, 0.15) is 5.70 Å². The summed E-state index contributed by atoms with van der Waals surface area (Å²) < 4.78 is 0. The van der Waals surface area contributed by atoms with Gasteiger partial charge < -0.3 is 20.0 Å². The molecule has 3 aliphatic rings. The summed E-state index contributed by atoms with van der Waals surface area (Å²) in [7, 11) is 0. The van der Waals surface area contributed by atoms with E-state index in [9.17, 15) is 19.8 Å². The quantitative estimate of drug-likeness (QED) is 0.387. The molecular formula is C15H21N3O4S. The molecule has 23 heavy (non-hydrogen) atoms. The van der Waals surface area contributed by atoms with Crippen LogP contribution in [0.1, 0.15) is 26.7 Å². The van der Waals surface area contributed by atoms with E-state index in [1.54, 1.807) is 13.8 Å². The molecule has 0 bridgehead atoms. The van der Waals surface area contributed by atoms with Gasteiger partial charge in [0.15, 0.2) is 0 Å². The van der Waals surface area contributed by atoms with Crippen molar-refractivity contribution in [1.29, 1.82) is 5.41 Å². The highest BCUT2D eigenvalue weighted by Crippen LogP contribution is 2.50. The molecule has 0 aromatic rings. The molecule has 3 N–H and O–H groups in total. The number of β-lactam (4-membered cyclic amide) rings is 1. The van der Waals surface area contributed by atoms with Gasteiger partial charge in [-0.1, -0.05) is 0 Å². The van der Waals surface area contributed by atoms with E-state index in [4.69, 9.17) is 5.41 Å². The number of carbonyl (C=O) groups excluding carboxylic acids is 1. The summed E-state index contributed by atoms with van der Waals surface area (Å²) in [5.41, 5.74) is -1.06. The van der Waals surface area contributed by atoms with Crippen molar-refractivity contribution < 1.29 is 19.8 Å². The summed E-state index contributed by atoms with van der Waals surface area (Å²) in [4.78, 5) is 27.9. The van der Waals surface area contributed by atoms with Gasteiger partial charge in [0, 0.05) is 29.7 Å². The Hall–Kier alpha value is -1.54. The van der Waals surface area contributed by atoms with Crippen molar-refractivity contribution in [2.75, 3.05) is 13.1 Å². The highest BCUT2D eigenvalue weighted by atomic mass is 32.2. The van der Waals surface area contributed by atoms with E-state index in [2.05, 4.69) is 0 Å². The van der Waals surface area contributed by atoms with E-state index in [0.717, 1.165) is 24.4 Å². The average Bonchev–Trinajstić information content (AvgIpc) is 3.00. The van der Waals surface area contributed by atoms with Crippen LogP contribution in [0, 0.1) is 11.3 Å². The van der Waals surface area contributed by atoms with Crippen molar-refractivity contribution in [3.8, 4) is 0 Å². The SMILES string of the molecule is CC(C)(O)C1C(=O)N2C(C(=O)O)=C(SC3CCN(C=N)C3)C[C@H]12. The molecule has 0 aromatic carbocycles. The van der Waals surface area contributed by atoms with E-state index in [-0.39, 0.29) is 22.9 Å². The van der Waals surface area contributed by atoms with Crippen LogP contribution < -0.4 is 0 Å². The zero-order valence-electron chi connectivity index (χ0n) is 13.2. The fourth-order valence-corrected chi connectivity index (χ4v) is 5.17. The molecule has 8 heteroatoms. The van der Waals surface area contributed by atoms with Crippen LogP contribution in [-0.4, -0.2) is 68.2 Å². The Labute approximate surface area is 138 Å². The summed E-state index contributed by atoms with van der Waals surface area (Å²) in [6.45, 7) is 4.71. The van der Waals surface area contributed by atoms with Gasteiger partial charge in [0.05, 0.1) is 23.9 Å². The number of carboxylic acid groups (broad SMARTS) is 1. The zero-order valence-corrected chi connectivity index (χ0v) is 14.0. The van der Waals surface area contributed by atoms with E-state index in [1.807, 2.05) is 4.90 Å². The first-order valence-electron chi connectivity index (χ1n) is 7.67. The standard InChI is InChI=1S/C15H21N3O4S/c1-15(2,22)11-9-5-10(12(14(20)21)18(9)13(11)19)23-8-3-4-17(6-8)7-16/h7-9,11,16,22H,3-6H2,1-2H3,(H,20,21)/t8?,9-,11?/m1/s1. The van der Waals surface area contributed by atoms with Crippen LogP contribution in [0.5, 0.6) is 0 Å². The van der Waals surface area contributed by atoms with Gasteiger partial charge in [-0.05, 0) is 20.3 Å². The molecule has 2 fully saturated rings. The minimum Gasteiger partial charge on any atom is -0.477 e. The first kappa shape index (κ1) is 16.3. The summed E-state index contributed by atoms with van der Waals surface area (Å²) in [5.74, 6) is -1.93. The smallest absolute Gasteiger partial charge is 0.353 e. The minimum atomic E-state index is -1.15. The number of amides is 1. The van der Waals surface area contributed by atoms with Gasteiger partial charge in [-0.3, -0.25) is 10.2 Å². The lowest BCUT2D eigenvalue weighted by molar-refractivity contribution is -0.169. The largest absolute Gasteiger partial charge is 0.477 e. The molecule has 2 unspecified atom stereocenters. The van der Waals surface area contributed by atoms with Crippen LogP contribution in [0.25, 0.3) is 0 Å². The second-order valence-corrected chi connectivity index (χ2v) is 8.24. The van der Waals surface area contributed by atoms with E-state index in [0.29, 0.717) is 6.42 Å². The van der Waals surface area contributed by atoms with Crippen LogP contribution >= 0.6 is 11.8 Å². The van der Waals surface area contributed by atoms with Crippen molar-refractivity contribution in [3.63, 3.8) is 0 Å². The van der Waals surface area contributed by atoms with Gasteiger partial charge in [-0.2, -0.15) is 0 Å². The Morgan fingerprint density at radius 3 is 2.70 bits per heavy atom. The van der Waals surface area contributed by atoms with Crippen molar-refractivity contribution in [3.05, 3.63) is 10.6 Å². The summed E-state index contributed by atoms with van der Waals surface area (Å²) in [5, 5.41) is 27.2. The molecule has 0 spiro atoms. The Kier molecular flexibility index (Phi) is 3.92. The fraction of sp³-hybridized carbons (Fsp3) is 0.667. The number of hydrogen-bond donors (Lipinski definition) is 3. The van der Waals surface area contributed by atoms with Gasteiger partial charge >= 0.3 is 5.97 Å². The number of fused-ring (bicyclic) bond motifs is 1. The molecular weight excluding hydrogens is 318 g/mol. The molecule has 3 aliphatic heterocycles. The summed E-state index contributed by atoms with van der Waals surface area (Å²) in [6.07, 6.45) is 2.69. The normalized spacial score (nSPS) is 30.6. The topological polar surface area (TPSA) is 105 Å². The van der Waals surface area contributed by atoms with Gasteiger partial charge in [0.2, 0.25) is 5.91 Å². The molecule has 3 atom stereocenters. The lowest BCUT2D eigenvalue weighted by Crippen LogP contribution is -2.65. The second kappa shape index (κ2) is 5.52. The van der Waals surface area contributed by atoms with E-state index < -0.39 is 17.5 Å². The summed E-state index contributed by atoms with van der Waals surface area (Å²) >= 11 is 1.51. The maximum absolute atomic E-state index is 12.3. The van der Waals surface area contributed by atoms with Crippen LogP contribution in [0.2, 0.25) is 0 Å². The number of rotatable bonds is 5. The number of hydrogen-bond acceptors (Lipinski definition) is 5. The van der Waals surface area contributed by atoms with Crippen LogP contribution in [0.4, 0.5) is 0 Å². The summed E-state index contributed by atoms with van der Waals surface area (Å²) in [6, 6.07) is -0.253. The number of carboxylic acids is 1. The Balaban J connectivity index is 1.79. The predicted octanol–water partition coefficient (Wildman–Crippen LogP) is 0.699. The minimum absolute atomic E-state index is 0.0822. The number of aliphatic carboxylic acids is 1. The Bertz CT molecular complexity index is 598. The zero-order chi connectivity index (χ0) is 16.9. The third-order valence-electron chi connectivity index (χ3n) is 4.75. The molecule has 126 valence electrons. The Morgan fingerprint density at radius 2 is 2.17 bits per heavy atom. The fourth-order valence-electron chi connectivity index (χ4n) is 3.72. The predicted molar refractivity (Wildman–Crippen MR) is 86.1 cm³/mol. The van der Waals surface area contributed by atoms with Crippen molar-refractivity contribution >= 4 is 30.0 Å². The van der Waals surface area contributed by atoms with Crippen LogP contribution in [0.3, 0.4) is 0 Å².